The Hall–Kier alpha value is -2.17. The highest BCUT2D eigenvalue weighted by Crippen LogP contribution is 2.17. The van der Waals surface area contributed by atoms with Gasteiger partial charge in [-0.15, -0.1) is 0 Å². The molecule has 4 heteroatoms. The maximum Gasteiger partial charge on any atom is 0.253 e. The molecule has 2 aromatic carbocycles. The van der Waals surface area contributed by atoms with E-state index in [-0.39, 0.29) is 12.0 Å². The van der Waals surface area contributed by atoms with Crippen molar-refractivity contribution in [2.45, 2.75) is 31.9 Å². The van der Waals surface area contributed by atoms with Crippen LogP contribution in [0.1, 0.15) is 34.3 Å². The van der Waals surface area contributed by atoms with Gasteiger partial charge in [0, 0.05) is 31.8 Å². The lowest BCUT2D eigenvalue weighted by molar-refractivity contribution is 0.0525. The van der Waals surface area contributed by atoms with Crippen LogP contribution in [-0.4, -0.2) is 36.6 Å². The van der Waals surface area contributed by atoms with E-state index in [0.717, 1.165) is 43.5 Å². The molecular weight excluding hydrogens is 312 g/mol. The highest BCUT2D eigenvalue weighted by Gasteiger charge is 2.27. The molecule has 0 saturated carbocycles. The Morgan fingerprint density at radius 2 is 1.84 bits per heavy atom. The average molecular weight is 338 g/mol. The van der Waals surface area contributed by atoms with Crippen LogP contribution >= 0.6 is 0 Å². The summed E-state index contributed by atoms with van der Waals surface area (Å²) < 4.78 is 5.97. The smallest absolute Gasteiger partial charge is 0.253 e. The number of nitrogens with two attached hydrogens (primary N) is 1. The normalized spacial score (nSPS) is 17.0. The van der Waals surface area contributed by atoms with Crippen molar-refractivity contribution in [2.24, 2.45) is 5.73 Å². The molecule has 25 heavy (non-hydrogen) atoms. The molecule has 1 amide bonds. The van der Waals surface area contributed by atoms with Crippen molar-refractivity contribution in [2.75, 3.05) is 19.7 Å². The standard InChI is InChI=1S/C21H26N2O2/c22-15-18-8-10-19(11-9-18)21(24)23-13-12-20(16-23)25-14-4-7-17-5-2-1-3-6-17/h1-3,5-6,8-11,20H,4,7,12-16,22H2. The maximum absolute atomic E-state index is 12.5. The number of amides is 1. The molecule has 0 bridgehead atoms. The van der Waals surface area contributed by atoms with E-state index in [1.165, 1.54) is 5.56 Å². The Balaban J connectivity index is 1.41. The maximum atomic E-state index is 12.5. The van der Waals surface area contributed by atoms with Crippen LogP contribution in [0.15, 0.2) is 54.6 Å². The van der Waals surface area contributed by atoms with Gasteiger partial charge < -0.3 is 15.4 Å². The van der Waals surface area contributed by atoms with Gasteiger partial charge in [0.25, 0.3) is 5.91 Å². The second-order valence-corrected chi connectivity index (χ2v) is 6.52. The first-order chi connectivity index (χ1) is 12.3. The third-order valence-corrected chi connectivity index (χ3v) is 4.67. The van der Waals surface area contributed by atoms with Crippen molar-refractivity contribution < 1.29 is 9.53 Å². The number of rotatable bonds is 7. The van der Waals surface area contributed by atoms with E-state index >= 15 is 0 Å². The van der Waals surface area contributed by atoms with Crippen LogP contribution in [0.5, 0.6) is 0 Å². The Labute approximate surface area is 149 Å². The molecule has 0 aromatic heterocycles. The molecule has 3 rings (SSSR count). The lowest BCUT2D eigenvalue weighted by Gasteiger charge is -2.17. The predicted molar refractivity (Wildman–Crippen MR) is 99.4 cm³/mol. The Morgan fingerprint density at radius 1 is 1.08 bits per heavy atom. The summed E-state index contributed by atoms with van der Waals surface area (Å²) in [6, 6.07) is 18.0. The monoisotopic (exact) mass is 338 g/mol. The summed E-state index contributed by atoms with van der Waals surface area (Å²) in [4.78, 5) is 14.4. The molecular formula is C21H26N2O2. The largest absolute Gasteiger partial charge is 0.376 e. The summed E-state index contributed by atoms with van der Waals surface area (Å²) in [5.74, 6) is 0.0824. The van der Waals surface area contributed by atoms with E-state index < -0.39 is 0 Å². The van der Waals surface area contributed by atoms with E-state index in [1.807, 2.05) is 35.2 Å². The number of hydrogen-bond acceptors (Lipinski definition) is 3. The molecule has 1 unspecified atom stereocenters. The molecule has 1 fully saturated rings. The fourth-order valence-corrected chi connectivity index (χ4v) is 3.19. The quantitative estimate of drug-likeness (QED) is 0.790. The molecule has 1 saturated heterocycles. The topological polar surface area (TPSA) is 55.6 Å². The third kappa shape index (κ3) is 4.91. The Morgan fingerprint density at radius 3 is 2.56 bits per heavy atom. The lowest BCUT2D eigenvalue weighted by atomic mass is 10.1. The second kappa shape index (κ2) is 8.79. The van der Waals surface area contributed by atoms with Crippen LogP contribution in [0.25, 0.3) is 0 Å². The predicted octanol–water partition coefficient (Wildman–Crippen LogP) is 3.01. The fraction of sp³-hybridized carbons (Fsp3) is 0.381. The van der Waals surface area contributed by atoms with E-state index in [1.54, 1.807) is 0 Å². The van der Waals surface area contributed by atoms with Gasteiger partial charge in [0.05, 0.1) is 6.10 Å². The first kappa shape index (κ1) is 17.6. The fourth-order valence-electron chi connectivity index (χ4n) is 3.19. The van der Waals surface area contributed by atoms with Crippen molar-refractivity contribution in [3.05, 3.63) is 71.3 Å². The zero-order valence-electron chi connectivity index (χ0n) is 14.6. The minimum absolute atomic E-state index is 0.0824. The third-order valence-electron chi connectivity index (χ3n) is 4.67. The molecule has 1 atom stereocenters. The molecule has 132 valence electrons. The van der Waals surface area contributed by atoms with E-state index in [4.69, 9.17) is 10.5 Å². The van der Waals surface area contributed by atoms with Crippen molar-refractivity contribution in [3.8, 4) is 0 Å². The van der Waals surface area contributed by atoms with Crippen molar-refractivity contribution in [1.82, 2.24) is 4.90 Å². The number of aryl methyl sites for hydroxylation is 1. The van der Waals surface area contributed by atoms with E-state index in [9.17, 15) is 4.79 Å². The number of likely N-dealkylation sites (tertiary alicyclic amines) is 1. The molecule has 0 spiro atoms. The minimum Gasteiger partial charge on any atom is -0.376 e. The van der Waals surface area contributed by atoms with Crippen molar-refractivity contribution in [3.63, 3.8) is 0 Å². The number of ether oxygens (including phenoxy) is 1. The molecule has 1 heterocycles. The number of benzene rings is 2. The minimum atomic E-state index is 0.0824. The van der Waals surface area contributed by atoms with Gasteiger partial charge in [-0.3, -0.25) is 4.79 Å². The summed E-state index contributed by atoms with van der Waals surface area (Å²) in [7, 11) is 0. The molecule has 0 radical (unpaired) electrons. The summed E-state index contributed by atoms with van der Waals surface area (Å²) >= 11 is 0. The SMILES string of the molecule is NCc1ccc(C(=O)N2CCC(OCCCc3ccccc3)C2)cc1. The van der Waals surface area contributed by atoms with Crippen molar-refractivity contribution in [1.29, 1.82) is 0 Å². The van der Waals surface area contributed by atoms with Gasteiger partial charge in [0.15, 0.2) is 0 Å². The molecule has 1 aliphatic heterocycles. The number of nitrogens with zero attached hydrogens (tertiary/aromatic N) is 1. The summed E-state index contributed by atoms with van der Waals surface area (Å²) in [6.45, 7) is 2.69. The zero-order valence-corrected chi connectivity index (χ0v) is 14.6. The van der Waals surface area contributed by atoms with Gasteiger partial charge in [-0.2, -0.15) is 0 Å². The van der Waals surface area contributed by atoms with Crippen LogP contribution in [-0.2, 0) is 17.7 Å². The van der Waals surface area contributed by atoms with Crippen LogP contribution in [0.3, 0.4) is 0 Å². The summed E-state index contributed by atoms with van der Waals surface area (Å²) in [6.07, 6.45) is 3.11. The van der Waals surface area contributed by atoms with Crippen molar-refractivity contribution >= 4 is 5.91 Å². The number of hydrogen-bond donors (Lipinski definition) is 1. The molecule has 2 N–H and O–H groups in total. The van der Waals surface area contributed by atoms with Crippen LogP contribution < -0.4 is 5.73 Å². The van der Waals surface area contributed by atoms with Gasteiger partial charge >= 0.3 is 0 Å². The number of carbonyl (C=O) groups excluding carboxylic acids is 1. The Kier molecular flexibility index (Phi) is 6.20. The first-order valence-electron chi connectivity index (χ1n) is 9.00. The van der Waals surface area contributed by atoms with E-state index in [0.29, 0.717) is 13.1 Å². The first-order valence-corrected chi connectivity index (χ1v) is 9.00. The summed E-state index contributed by atoms with van der Waals surface area (Å²) in [5, 5.41) is 0. The highest BCUT2D eigenvalue weighted by atomic mass is 16.5. The zero-order chi connectivity index (χ0) is 17.5. The average Bonchev–Trinajstić information content (AvgIpc) is 3.14. The van der Waals surface area contributed by atoms with Crippen LogP contribution in [0, 0.1) is 0 Å². The van der Waals surface area contributed by atoms with E-state index in [2.05, 4.69) is 24.3 Å². The van der Waals surface area contributed by atoms with Crippen LogP contribution in [0.2, 0.25) is 0 Å². The second-order valence-electron chi connectivity index (χ2n) is 6.52. The lowest BCUT2D eigenvalue weighted by Crippen LogP contribution is -2.30. The van der Waals surface area contributed by atoms with Gasteiger partial charge in [0.2, 0.25) is 0 Å². The molecule has 4 nitrogen and oxygen atoms in total. The Bertz CT molecular complexity index is 670. The number of carbonyl (C=O) groups is 1. The molecule has 0 aliphatic carbocycles. The van der Waals surface area contributed by atoms with Gasteiger partial charge in [0.1, 0.15) is 0 Å². The van der Waals surface area contributed by atoms with Gasteiger partial charge in [-0.25, -0.2) is 0 Å². The van der Waals surface area contributed by atoms with Gasteiger partial charge in [-0.1, -0.05) is 42.5 Å². The van der Waals surface area contributed by atoms with Gasteiger partial charge in [-0.05, 0) is 42.5 Å². The molecule has 2 aromatic rings. The molecule has 1 aliphatic rings. The summed E-state index contributed by atoms with van der Waals surface area (Å²) in [5.41, 5.74) is 8.71. The highest BCUT2D eigenvalue weighted by molar-refractivity contribution is 5.94. The van der Waals surface area contributed by atoms with Crippen LogP contribution in [0.4, 0.5) is 0 Å².